The molecule has 1 heterocycles. The van der Waals surface area contributed by atoms with Crippen molar-refractivity contribution in [3.05, 3.63) is 59.8 Å². The predicted octanol–water partition coefficient (Wildman–Crippen LogP) is 2.33. The van der Waals surface area contributed by atoms with Crippen LogP contribution in [0.25, 0.3) is 0 Å². The highest BCUT2D eigenvalue weighted by Crippen LogP contribution is 2.12. The molecule has 0 aliphatic rings. The van der Waals surface area contributed by atoms with Crippen LogP contribution in [0.3, 0.4) is 0 Å². The van der Waals surface area contributed by atoms with Gasteiger partial charge in [0.25, 0.3) is 0 Å². The molecule has 3 nitrogen and oxygen atoms in total. The van der Waals surface area contributed by atoms with E-state index in [2.05, 4.69) is 22.4 Å². The second kappa shape index (κ2) is 5.41. The third-order valence-electron chi connectivity index (χ3n) is 2.38. The summed E-state index contributed by atoms with van der Waals surface area (Å²) in [7, 11) is 0. The van der Waals surface area contributed by atoms with Gasteiger partial charge in [-0.3, -0.25) is 0 Å². The molecular formula is C13H13N3S. The van der Waals surface area contributed by atoms with Gasteiger partial charge >= 0.3 is 0 Å². The summed E-state index contributed by atoms with van der Waals surface area (Å²) in [5.41, 5.74) is 7.60. The van der Waals surface area contributed by atoms with Crippen molar-refractivity contribution >= 4 is 23.0 Å². The normalized spacial score (nSPS) is 9.88. The molecule has 2 rings (SSSR count). The lowest BCUT2D eigenvalue weighted by Gasteiger charge is -2.09. The van der Waals surface area contributed by atoms with Crippen LogP contribution in [0.1, 0.15) is 11.1 Å². The molecule has 0 bridgehead atoms. The van der Waals surface area contributed by atoms with Crippen LogP contribution >= 0.6 is 12.2 Å². The molecule has 4 heteroatoms. The van der Waals surface area contributed by atoms with Crippen molar-refractivity contribution in [3.63, 3.8) is 0 Å². The van der Waals surface area contributed by atoms with Gasteiger partial charge in [-0.05, 0) is 17.7 Å². The quantitative estimate of drug-likeness (QED) is 0.809. The standard InChI is InChI=1S/C13H13N3S/c14-12(17)11-7-4-8-15-13(11)16-9-10-5-2-1-3-6-10/h1-8H,9H2,(H2,14,17)(H,15,16). The second-order valence-electron chi connectivity index (χ2n) is 3.60. The maximum atomic E-state index is 5.63. The van der Waals surface area contributed by atoms with E-state index >= 15 is 0 Å². The van der Waals surface area contributed by atoms with Crippen molar-refractivity contribution in [2.45, 2.75) is 6.54 Å². The van der Waals surface area contributed by atoms with Crippen LogP contribution in [0.4, 0.5) is 5.82 Å². The Hall–Kier alpha value is -1.94. The Kier molecular flexibility index (Phi) is 3.67. The van der Waals surface area contributed by atoms with Gasteiger partial charge in [0, 0.05) is 12.7 Å². The first-order chi connectivity index (χ1) is 8.27. The molecule has 0 aliphatic carbocycles. The van der Waals surface area contributed by atoms with Gasteiger partial charge in [-0.25, -0.2) is 4.98 Å². The highest BCUT2D eigenvalue weighted by molar-refractivity contribution is 7.80. The number of anilines is 1. The Morgan fingerprint density at radius 2 is 1.94 bits per heavy atom. The van der Waals surface area contributed by atoms with Crippen molar-refractivity contribution in [2.75, 3.05) is 5.32 Å². The zero-order valence-electron chi connectivity index (χ0n) is 9.26. The van der Waals surface area contributed by atoms with Crippen LogP contribution in [0.2, 0.25) is 0 Å². The maximum Gasteiger partial charge on any atom is 0.136 e. The van der Waals surface area contributed by atoms with Gasteiger partial charge in [-0.2, -0.15) is 0 Å². The summed E-state index contributed by atoms with van der Waals surface area (Å²) in [4.78, 5) is 4.59. The number of nitrogens with two attached hydrogens (primary N) is 1. The Morgan fingerprint density at radius 1 is 1.18 bits per heavy atom. The molecule has 0 radical (unpaired) electrons. The van der Waals surface area contributed by atoms with Crippen molar-refractivity contribution in [3.8, 4) is 0 Å². The molecular weight excluding hydrogens is 230 g/mol. The molecule has 0 unspecified atom stereocenters. The van der Waals surface area contributed by atoms with Gasteiger partial charge in [0.15, 0.2) is 0 Å². The van der Waals surface area contributed by atoms with Crippen LogP contribution < -0.4 is 11.1 Å². The molecule has 0 atom stereocenters. The zero-order valence-corrected chi connectivity index (χ0v) is 10.1. The first-order valence-electron chi connectivity index (χ1n) is 5.30. The predicted molar refractivity (Wildman–Crippen MR) is 73.9 cm³/mol. The lowest BCUT2D eigenvalue weighted by Crippen LogP contribution is -2.14. The first kappa shape index (κ1) is 11.5. The molecule has 17 heavy (non-hydrogen) atoms. The highest BCUT2D eigenvalue weighted by atomic mass is 32.1. The topological polar surface area (TPSA) is 50.9 Å². The number of hydrogen-bond donors (Lipinski definition) is 2. The number of benzene rings is 1. The van der Waals surface area contributed by atoms with Gasteiger partial charge in [0.1, 0.15) is 10.8 Å². The maximum absolute atomic E-state index is 5.63. The number of pyridine rings is 1. The number of rotatable bonds is 4. The Balaban J connectivity index is 2.12. The number of thiocarbonyl (C=S) groups is 1. The van der Waals surface area contributed by atoms with E-state index in [4.69, 9.17) is 18.0 Å². The highest BCUT2D eigenvalue weighted by Gasteiger charge is 2.04. The molecule has 86 valence electrons. The fourth-order valence-corrected chi connectivity index (χ4v) is 1.69. The number of nitrogens with one attached hydrogen (secondary N) is 1. The average molecular weight is 243 g/mol. The van der Waals surface area contributed by atoms with Crippen molar-refractivity contribution in [2.24, 2.45) is 5.73 Å². The second-order valence-corrected chi connectivity index (χ2v) is 4.04. The zero-order chi connectivity index (χ0) is 12.1. The van der Waals surface area contributed by atoms with E-state index in [1.807, 2.05) is 30.3 Å². The van der Waals surface area contributed by atoms with E-state index in [0.717, 1.165) is 11.4 Å². The van der Waals surface area contributed by atoms with Gasteiger partial charge in [0.2, 0.25) is 0 Å². The molecule has 1 aromatic carbocycles. The molecule has 2 aromatic rings. The van der Waals surface area contributed by atoms with E-state index in [0.29, 0.717) is 11.5 Å². The largest absolute Gasteiger partial charge is 0.389 e. The summed E-state index contributed by atoms with van der Waals surface area (Å²) in [5, 5.41) is 3.23. The van der Waals surface area contributed by atoms with Crippen LogP contribution in [-0.2, 0) is 6.54 Å². The number of hydrogen-bond acceptors (Lipinski definition) is 3. The van der Waals surface area contributed by atoms with E-state index in [1.54, 1.807) is 6.20 Å². The third-order valence-corrected chi connectivity index (χ3v) is 2.60. The van der Waals surface area contributed by atoms with Gasteiger partial charge in [-0.1, -0.05) is 42.5 Å². The molecule has 0 saturated heterocycles. The van der Waals surface area contributed by atoms with Crippen molar-refractivity contribution < 1.29 is 0 Å². The van der Waals surface area contributed by atoms with Crippen LogP contribution in [0, 0.1) is 0 Å². The Labute approximate surface area is 106 Å². The minimum Gasteiger partial charge on any atom is -0.389 e. The Bertz CT molecular complexity index is 511. The fraction of sp³-hybridized carbons (Fsp3) is 0.0769. The minimum atomic E-state index is 0.355. The van der Waals surface area contributed by atoms with E-state index < -0.39 is 0 Å². The molecule has 0 amide bonds. The molecule has 0 spiro atoms. The van der Waals surface area contributed by atoms with Gasteiger partial charge < -0.3 is 11.1 Å². The summed E-state index contributed by atoms with van der Waals surface area (Å²) in [6.45, 7) is 0.702. The smallest absolute Gasteiger partial charge is 0.136 e. The Morgan fingerprint density at radius 3 is 2.65 bits per heavy atom. The van der Waals surface area contributed by atoms with Gasteiger partial charge in [0.05, 0.1) is 5.56 Å². The van der Waals surface area contributed by atoms with Crippen molar-refractivity contribution in [1.82, 2.24) is 4.98 Å². The summed E-state index contributed by atoms with van der Waals surface area (Å²) in [6, 6.07) is 13.8. The lowest BCUT2D eigenvalue weighted by molar-refractivity contribution is 1.11. The van der Waals surface area contributed by atoms with Crippen LogP contribution in [0.15, 0.2) is 48.7 Å². The third kappa shape index (κ3) is 3.01. The van der Waals surface area contributed by atoms with E-state index in [-0.39, 0.29) is 0 Å². The summed E-state index contributed by atoms with van der Waals surface area (Å²) >= 11 is 4.98. The van der Waals surface area contributed by atoms with E-state index in [1.165, 1.54) is 5.56 Å². The van der Waals surface area contributed by atoms with Crippen molar-refractivity contribution in [1.29, 1.82) is 0 Å². The van der Waals surface area contributed by atoms with Gasteiger partial charge in [-0.15, -0.1) is 0 Å². The molecule has 0 saturated carbocycles. The monoisotopic (exact) mass is 243 g/mol. The molecule has 3 N–H and O–H groups in total. The molecule has 0 fully saturated rings. The van der Waals surface area contributed by atoms with E-state index in [9.17, 15) is 0 Å². The number of nitrogens with zero attached hydrogens (tertiary/aromatic N) is 1. The summed E-state index contributed by atoms with van der Waals surface area (Å²) < 4.78 is 0. The SMILES string of the molecule is NC(=S)c1cccnc1NCc1ccccc1. The minimum absolute atomic E-state index is 0.355. The fourth-order valence-electron chi connectivity index (χ4n) is 1.53. The molecule has 1 aromatic heterocycles. The first-order valence-corrected chi connectivity index (χ1v) is 5.71. The summed E-state index contributed by atoms with van der Waals surface area (Å²) in [5.74, 6) is 0.726. The molecule has 0 aliphatic heterocycles. The average Bonchev–Trinajstić information content (AvgIpc) is 2.38. The number of aromatic nitrogens is 1. The van der Waals surface area contributed by atoms with Crippen LogP contribution in [0.5, 0.6) is 0 Å². The summed E-state index contributed by atoms with van der Waals surface area (Å²) in [6.07, 6.45) is 1.72. The van der Waals surface area contributed by atoms with Crippen LogP contribution in [-0.4, -0.2) is 9.97 Å². The lowest BCUT2D eigenvalue weighted by atomic mass is 10.2.